The topological polar surface area (TPSA) is 12.0 Å². The number of rotatable bonds is 5. The van der Waals surface area contributed by atoms with E-state index in [1.54, 1.807) is 0 Å². The molecule has 2 aliphatic carbocycles. The molecule has 0 saturated heterocycles. The van der Waals surface area contributed by atoms with Gasteiger partial charge in [0.2, 0.25) is 0 Å². The molecule has 1 nitrogen and oxygen atoms in total. The van der Waals surface area contributed by atoms with Crippen molar-refractivity contribution >= 4 is 0 Å². The molecule has 0 radical (unpaired) electrons. The fourth-order valence-electron chi connectivity index (χ4n) is 3.98. The lowest BCUT2D eigenvalue weighted by Gasteiger charge is -2.19. The van der Waals surface area contributed by atoms with Crippen LogP contribution in [0.2, 0.25) is 0 Å². The van der Waals surface area contributed by atoms with Crippen molar-refractivity contribution in [3.8, 4) is 0 Å². The molecule has 3 atom stereocenters. The first-order chi connectivity index (χ1) is 8.92. The third kappa shape index (κ3) is 2.33. The van der Waals surface area contributed by atoms with Gasteiger partial charge in [-0.05, 0) is 49.1 Å². The summed E-state index contributed by atoms with van der Waals surface area (Å²) in [7, 11) is 0. The predicted molar refractivity (Wildman–Crippen MR) is 76.4 cm³/mol. The largest absolute Gasteiger partial charge is 0.310 e. The molecular formula is C17H25N. The summed E-state index contributed by atoms with van der Waals surface area (Å²) in [6.07, 6.45) is 7.12. The first-order valence-corrected chi connectivity index (χ1v) is 7.70. The Kier molecular flexibility index (Phi) is 3.69. The fraction of sp³-hybridized carbons (Fsp3) is 0.647. The third-order valence-corrected chi connectivity index (χ3v) is 4.88. The van der Waals surface area contributed by atoms with E-state index >= 15 is 0 Å². The summed E-state index contributed by atoms with van der Waals surface area (Å²) in [6.45, 7) is 3.41. The van der Waals surface area contributed by atoms with Gasteiger partial charge in [-0.2, -0.15) is 0 Å². The van der Waals surface area contributed by atoms with Gasteiger partial charge in [0, 0.05) is 6.04 Å². The Balaban J connectivity index is 1.74. The summed E-state index contributed by atoms with van der Waals surface area (Å²) in [4.78, 5) is 0. The normalized spacial score (nSPS) is 31.7. The van der Waals surface area contributed by atoms with Crippen LogP contribution >= 0.6 is 0 Å². The highest BCUT2D eigenvalue weighted by Gasteiger charge is 2.54. The smallest absolute Gasteiger partial charge is 0.0354 e. The maximum atomic E-state index is 3.80. The highest BCUT2D eigenvalue weighted by Crippen LogP contribution is 2.60. The Bertz CT molecular complexity index is 360. The minimum atomic E-state index is 0.610. The van der Waals surface area contributed by atoms with E-state index in [-0.39, 0.29) is 0 Å². The molecule has 0 aliphatic heterocycles. The molecule has 1 heteroatoms. The Morgan fingerprint density at radius 1 is 1.11 bits per heavy atom. The molecule has 2 saturated carbocycles. The molecule has 1 aromatic carbocycles. The summed E-state index contributed by atoms with van der Waals surface area (Å²) >= 11 is 0. The van der Waals surface area contributed by atoms with Gasteiger partial charge in [0.15, 0.2) is 0 Å². The van der Waals surface area contributed by atoms with Gasteiger partial charge in [-0.3, -0.25) is 0 Å². The van der Waals surface area contributed by atoms with Gasteiger partial charge < -0.3 is 5.32 Å². The van der Waals surface area contributed by atoms with Crippen LogP contribution in [0.1, 0.15) is 50.6 Å². The predicted octanol–water partition coefficient (Wildman–Crippen LogP) is 4.16. The number of fused-ring (bicyclic) bond motifs is 1. The van der Waals surface area contributed by atoms with E-state index in [2.05, 4.69) is 42.6 Å². The Morgan fingerprint density at radius 2 is 1.78 bits per heavy atom. The summed E-state index contributed by atoms with van der Waals surface area (Å²) in [6, 6.07) is 11.7. The molecule has 98 valence electrons. The molecule has 2 aliphatic rings. The molecule has 0 amide bonds. The maximum absolute atomic E-state index is 3.80. The van der Waals surface area contributed by atoms with Crippen LogP contribution in [-0.2, 0) is 0 Å². The Labute approximate surface area is 111 Å². The zero-order valence-corrected chi connectivity index (χ0v) is 11.4. The quantitative estimate of drug-likeness (QED) is 0.818. The van der Waals surface area contributed by atoms with Crippen LogP contribution in [0.4, 0.5) is 0 Å². The maximum Gasteiger partial charge on any atom is 0.0354 e. The molecule has 1 aromatic rings. The SMILES string of the molecule is CCCNC(c1ccccc1)C1C2CCCCC21. The van der Waals surface area contributed by atoms with Crippen molar-refractivity contribution < 1.29 is 0 Å². The van der Waals surface area contributed by atoms with Crippen molar-refractivity contribution in [2.75, 3.05) is 6.54 Å². The van der Waals surface area contributed by atoms with Crippen LogP contribution < -0.4 is 5.32 Å². The first-order valence-electron chi connectivity index (χ1n) is 7.70. The summed E-state index contributed by atoms with van der Waals surface area (Å²) in [5.74, 6) is 2.96. The Hall–Kier alpha value is -0.820. The van der Waals surface area contributed by atoms with Gasteiger partial charge in [0.25, 0.3) is 0 Å². The number of nitrogens with one attached hydrogen (secondary N) is 1. The van der Waals surface area contributed by atoms with Crippen molar-refractivity contribution in [3.63, 3.8) is 0 Å². The molecule has 0 heterocycles. The van der Waals surface area contributed by atoms with Crippen molar-refractivity contribution in [3.05, 3.63) is 35.9 Å². The second kappa shape index (κ2) is 5.44. The van der Waals surface area contributed by atoms with Crippen molar-refractivity contribution in [2.45, 2.75) is 45.1 Å². The van der Waals surface area contributed by atoms with Crippen molar-refractivity contribution in [1.29, 1.82) is 0 Å². The van der Waals surface area contributed by atoms with Crippen LogP contribution in [0, 0.1) is 17.8 Å². The average molecular weight is 243 g/mol. The number of hydrogen-bond donors (Lipinski definition) is 1. The second-order valence-electron chi connectivity index (χ2n) is 6.03. The number of benzene rings is 1. The summed E-state index contributed by atoms with van der Waals surface area (Å²) < 4.78 is 0. The lowest BCUT2D eigenvalue weighted by molar-refractivity contribution is 0.445. The van der Waals surface area contributed by atoms with E-state index in [0.717, 1.165) is 24.3 Å². The van der Waals surface area contributed by atoms with E-state index in [1.165, 1.54) is 37.7 Å². The molecule has 3 unspecified atom stereocenters. The first kappa shape index (κ1) is 12.2. The van der Waals surface area contributed by atoms with E-state index in [0.29, 0.717) is 6.04 Å². The highest BCUT2D eigenvalue weighted by molar-refractivity contribution is 5.23. The summed E-state index contributed by atoms with van der Waals surface area (Å²) in [5.41, 5.74) is 1.50. The monoisotopic (exact) mass is 243 g/mol. The summed E-state index contributed by atoms with van der Waals surface area (Å²) in [5, 5.41) is 3.80. The van der Waals surface area contributed by atoms with E-state index in [4.69, 9.17) is 0 Å². The fourth-order valence-corrected chi connectivity index (χ4v) is 3.98. The molecule has 3 rings (SSSR count). The van der Waals surface area contributed by atoms with Gasteiger partial charge in [0.05, 0.1) is 0 Å². The van der Waals surface area contributed by atoms with Crippen LogP contribution in [0.15, 0.2) is 30.3 Å². The standard InChI is InChI=1S/C17H25N/c1-2-12-18-17(13-8-4-3-5-9-13)16-14-10-6-7-11-15(14)16/h3-5,8-9,14-18H,2,6-7,10-12H2,1H3. The Morgan fingerprint density at radius 3 is 2.39 bits per heavy atom. The van der Waals surface area contributed by atoms with E-state index in [1.807, 2.05) is 0 Å². The van der Waals surface area contributed by atoms with Crippen LogP contribution in [-0.4, -0.2) is 6.54 Å². The molecule has 18 heavy (non-hydrogen) atoms. The van der Waals surface area contributed by atoms with Crippen LogP contribution in [0.5, 0.6) is 0 Å². The lowest BCUT2D eigenvalue weighted by atomic mass is 9.99. The highest BCUT2D eigenvalue weighted by atomic mass is 14.9. The minimum Gasteiger partial charge on any atom is -0.310 e. The lowest BCUT2D eigenvalue weighted by Crippen LogP contribution is -2.24. The second-order valence-corrected chi connectivity index (χ2v) is 6.03. The van der Waals surface area contributed by atoms with Gasteiger partial charge in [-0.15, -0.1) is 0 Å². The van der Waals surface area contributed by atoms with Gasteiger partial charge >= 0.3 is 0 Å². The molecular weight excluding hydrogens is 218 g/mol. The molecule has 2 fully saturated rings. The molecule has 0 spiro atoms. The van der Waals surface area contributed by atoms with Crippen LogP contribution in [0.3, 0.4) is 0 Å². The van der Waals surface area contributed by atoms with E-state index in [9.17, 15) is 0 Å². The van der Waals surface area contributed by atoms with Crippen LogP contribution in [0.25, 0.3) is 0 Å². The van der Waals surface area contributed by atoms with Gasteiger partial charge in [-0.1, -0.05) is 50.1 Å². The van der Waals surface area contributed by atoms with Gasteiger partial charge in [-0.25, -0.2) is 0 Å². The minimum absolute atomic E-state index is 0.610. The third-order valence-electron chi connectivity index (χ3n) is 4.88. The zero-order chi connectivity index (χ0) is 12.4. The molecule has 1 N–H and O–H groups in total. The van der Waals surface area contributed by atoms with E-state index < -0.39 is 0 Å². The van der Waals surface area contributed by atoms with Crippen molar-refractivity contribution in [1.82, 2.24) is 5.32 Å². The van der Waals surface area contributed by atoms with Gasteiger partial charge in [0.1, 0.15) is 0 Å². The molecule has 0 bridgehead atoms. The molecule has 0 aromatic heterocycles. The number of hydrogen-bond acceptors (Lipinski definition) is 1. The zero-order valence-electron chi connectivity index (χ0n) is 11.4. The average Bonchev–Trinajstić information content (AvgIpc) is 3.15. The van der Waals surface area contributed by atoms with Crippen molar-refractivity contribution in [2.24, 2.45) is 17.8 Å².